The van der Waals surface area contributed by atoms with E-state index >= 15 is 0 Å². The average molecular weight is 369 g/mol. The second-order valence-corrected chi connectivity index (χ2v) is 7.11. The molecule has 1 aliphatic heterocycles. The van der Waals surface area contributed by atoms with Crippen molar-refractivity contribution in [2.75, 3.05) is 6.61 Å². The number of aromatic nitrogens is 3. The van der Waals surface area contributed by atoms with Crippen molar-refractivity contribution in [2.24, 2.45) is 0 Å². The Labute approximate surface area is 154 Å². The first-order chi connectivity index (χ1) is 12.7. The Hall–Kier alpha value is -2.67. The Morgan fingerprint density at radius 2 is 1.88 bits per heavy atom. The zero-order chi connectivity index (χ0) is 17.9. The number of hydrogen-bond donors (Lipinski definition) is 0. The summed E-state index contributed by atoms with van der Waals surface area (Å²) in [4.78, 5) is 11.8. The molecule has 0 saturated carbocycles. The van der Waals surface area contributed by atoms with Crippen molar-refractivity contribution in [3.05, 3.63) is 71.8 Å². The molecule has 0 aliphatic carbocycles. The van der Waals surface area contributed by atoms with Crippen LogP contribution in [-0.4, -0.2) is 32.6 Å². The van der Waals surface area contributed by atoms with Crippen LogP contribution in [0.3, 0.4) is 0 Å². The molecule has 7 heteroatoms. The minimum absolute atomic E-state index is 0.228. The molecule has 2 aromatic carbocycles. The fourth-order valence-corrected chi connectivity index (χ4v) is 3.87. The van der Waals surface area contributed by atoms with E-state index in [9.17, 15) is 9.18 Å². The fraction of sp³-hybridized carbons (Fsp3) is 0.211. The van der Waals surface area contributed by atoms with Gasteiger partial charge in [-0.25, -0.2) is 4.39 Å². The molecule has 1 saturated heterocycles. The number of carbonyl (C=O) groups excluding carboxylic acids is 1. The summed E-state index contributed by atoms with van der Waals surface area (Å²) >= 11 is 1.34. The molecule has 1 aromatic heterocycles. The highest BCUT2D eigenvalue weighted by Crippen LogP contribution is 2.31. The van der Waals surface area contributed by atoms with E-state index in [1.807, 2.05) is 34.9 Å². The van der Waals surface area contributed by atoms with Crippen LogP contribution < -0.4 is 0 Å². The molecular formula is C19H16FN3O2S. The third-order valence-electron chi connectivity index (χ3n) is 4.13. The van der Waals surface area contributed by atoms with Gasteiger partial charge in [-0.2, -0.15) is 0 Å². The van der Waals surface area contributed by atoms with Crippen molar-refractivity contribution >= 4 is 17.7 Å². The van der Waals surface area contributed by atoms with Crippen LogP contribution in [0.2, 0.25) is 0 Å². The van der Waals surface area contributed by atoms with E-state index in [-0.39, 0.29) is 17.0 Å². The molecule has 132 valence electrons. The van der Waals surface area contributed by atoms with Gasteiger partial charge in [0, 0.05) is 18.5 Å². The number of hydrogen-bond acceptors (Lipinski definition) is 5. The lowest BCUT2D eigenvalue weighted by molar-refractivity contribution is -0.137. The molecule has 0 radical (unpaired) electrons. The third kappa shape index (κ3) is 3.48. The highest BCUT2D eigenvalue weighted by Gasteiger charge is 2.30. The zero-order valence-corrected chi connectivity index (χ0v) is 14.7. The number of nitrogens with zero attached hydrogens (tertiary/aromatic N) is 3. The van der Waals surface area contributed by atoms with Crippen molar-refractivity contribution in [1.82, 2.24) is 14.8 Å². The molecule has 5 nitrogen and oxygen atoms in total. The summed E-state index contributed by atoms with van der Waals surface area (Å²) in [5.41, 5.74) is 1.86. The summed E-state index contributed by atoms with van der Waals surface area (Å²) in [6, 6.07) is 16.1. The number of benzene rings is 2. The van der Waals surface area contributed by atoms with Crippen LogP contribution in [-0.2, 0) is 16.0 Å². The van der Waals surface area contributed by atoms with Crippen molar-refractivity contribution in [3.63, 3.8) is 0 Å². The summed E-state index contributed by atoms with van der Waals surface area (Å²) < 4.78 is 20.3. The van der Waals surface area contributed by atoms with Crippen LogP contribution in [0.4, 0.5) is 4.39 Å². The molecule has 0 N–H and O–H groups in total. The SMILES string of the molecule is O=C1OCCC1Sc1nnc(Cc2ccccc2)n1-c1ccc(F)cc1. The highest BCUT2D eigenvalue weighted by molar-refractivity contribution is 8.00. The molecule has 1 unspecified atom stereocenters. The van der Waals surface area contributed by atoms with Crippen LogP contribution in [0.15, 0.2) is 59.8 Å². The molecule has 3 aromatic rings. The van der Waals surface area contributed by atoms with Crippen LogP contribution in [0, 0.1) is 5.82 Å². The standard InChI is InChI=1S/C19H16FN3O2S/c20-14-6-8-15(9-7-14)23-17(12-13-4-2-1-3-5-13)21-22-19(23)26-16-10-11-25-18(16)24/h1-9,16H,10-12H2. The van der Waals surface area contributed by atoms with Gasteiger partial charge in [0.25, 0.3) is 0 Å². The largest absolute Gasteiger partial charge is 0.465 e. The second kappa shape index (κ2) is 7.29. The van der Waals surface area contributed by atoms with E-state index in [2.05, 4.69) is 10.2 Å². The fourth-order valence-electron chi connectivity index (χ4n) is 2.83. The minimum atomic E-state index is -0.306. The predicted molar refractivity (Wildman–Crippen MR) is 95.8 cm³/mol. The van der Waals surface area contributed by atoms with Crippen LogP contribution in [0.1, 0.15) is 17.8 Å². The smallest absolute Gasteiger partial charge is 0.319 e. The Morgan fingerprint density at radius 3 is 2.58 bits per heavy atom. The molecule has 0 amide bonds. The minimum Gasteiger partial charge on any atom is -0.465 e. The monoisotopic (exact) mass is 369 g/mol. The van der Waals surface area contributed by atoms with Crippen molar-refractivity contribution in [2.45, 2.75) is 23.2 Å². The van der Waals surface area contributed by atoms with E-state index in [0.717, 1.165) is 17.1 Å². The summed E-state index contributed by atoms with van der Waals surface area (Å²) in [5, 5.41) is 8.92. The normalized spacial score (nSPS) is 16.7. The number of ether oxygens (including phenoxy) is 1. The molecule has 1 fully saturated rings. The van der Waals surface area contributed by atoms with Crippen molar-refractivity contribution in [3.8, 4) is 5.69 Å². The van der Waals surface area contributed by atoms with Gasteiger partial charge in [0.2, 0.25) is 0 Å². The lowest BCUT2D eigenvalue weighted by Crippen LogP contribution is -2.11. The number of esters is 1. The predicted octanol–water partition coefficient (Wildman–Crippen LogP) is 3.40. The molecule has 0 bridgehead atoms. The molecule has 26 heavy (non-hydrogen) atoms. The lowest BCUT2D eigenvalue weighted by Gasteiger charge is -2.11. The van der Waals surface area contributed by atoms with E-state index in [0.29, 0.717) is 24.6 Å². The summed E-state index contributed by atoms with van der Waals surface area (Å²) in [5.74, 6) is 0.199. The Balaban J connectivity index is 1.71. The van der Waals surface area contributed by atoms with Crippen LogP contribution in [0.25, 0.3) is 5.69 Å². The summed E-state index contributed by atoms with van der Waals surface area (Å²) in [6.45, 7) is 0.429. The maximum absolute atomic E-state index is 13.3. The first kappa shape index (κ1) is 16.8. The molecule has 1 aliphatic rings. The first-order valence-electron chi connectivity index (χ1n) is 8.28. The number of rotatable bonds is 5. The Morgan fingerprint density at radius 1 is 1.12 bits per heavy atom. The van der Waals surface area contributed by atoms with Gasteiger partial charge in [-0.1, -0.05) is 42.1 Å². The number of cyclic esters (lactones) is 1. The molecule has 0 spiro atoms. The molecule has 4 rings (SSSR count). The number of halogens is 1. The topological polar surface area (TPSA) is 57.0 Å². The third-order valence-corrected chi connectivity index (χ3v) is 5.31. The van der Waals surface area contributed by atoms with Gasteiger partial charge in [-0.3, -0.25) is 9.36 Å². The van der Waals surface area contributed by atoms with Crippen LogP contribution >= 0.6 is 11.8 Å². The van der Waals surface area contributed by atoms with Gasteiger partial charge >= 0.3 is 5.97 Å². The lowest BCUT2D eigenvalue weighted by atomic mass is 10.1. The van der Waals surface area contributed by atoms with E-state index < -0.39 is 0 Å². The molecule has 1 atom stereocenters. The van der Waals surface area contributed by atoms with E-state index in [1.54, 1.807) is 12.1 Å². The van der Waals surface area contributed by atoms with Crippen molar-refractivity contribution < 1.29 is 13.9 Å². The first-order valence-corrected chi connectivity index (χ1v) is 9.16. The average Bonchev–Trinajstić information content (AvgIpc) is 3.24. The van der Waals surface area contributed by atoms with Gasteiger partial charge in [-0.05, 0) is 29.8 Å². The maximum atomic E-state index is 13.3. The maximum Gasteiger partial charge on any atom is 0.319 e. The second-order valence-electron chi connectivity index (χ2n) is 5.94. The zero-order valence-electron chi connectivity index (χ0n) is 13.8. The Kier molecular flexibility index (Phi) is 4.71. The number of carbonyl (C=O) groups is 1. The van der Waals surface area contributed by atoms with Gasteiger partial charge in [0.05, 0.1) is 6.61 Å². The van der Waals surface area contributed by atoms with E-state index in [4.69, 9.17) is 4.74 Å². The van der Waals surface area contributed by atoms with Gasteiger partial charge in [0.15, 0.2) is 5.16 Å². The summed E-state index contributed by atoms with van der Waals surface area (Å²) in [6.07, 6.45) is 1.23. The number of thioether (sulfide) groups is 1. The quantitative estimate of drug-likeness (QED) is 0.645. The Bertz CT molecular complexity index is 912. The molecule has 2 heterocycles. The molecular weight excluding hydrogens is 353 g/mol. The van der Waals surface area contributed by atoms with E-state index in [1.165, 1.54) is 23.9 Å². The van der Waals surface area contributed by atoms with Crippen LogP contribution in [0.5, 0.6) is 0 Å². The highest BCUT2D eigenvalue weighted by atomic mass is 32.2. The van der Waals surface area contributed by atoms with Crippen molar-refractivity contribution in [1.29, 1.82) is 0 Å². The summed E-state index contributed by atoms with van der Waals surface area (Å²) in [7, 11) is 0. The van der Waals surface area contributed by atoms with Gasteiger partial charge < -0.3 is 4.74 Å². The van der Waals surface area contributed by atoms with Gasteiger partial charge in [0.1, 0.15) is 16.9 Å². The van der Waals surface area contributed by atoms with Gasteiger partial charge in [-0.15, -0.1) is 10.2 Å².